The van der Waals surface area contributed by atoms with Crippen LogP contribution in [0.15, 0.2) is 167 Å². The summed E-state index contributed by atoms with van der Waals surface area (Å²) in [6, 6.07) is 52.8. The number of nitrogens with zero attached hydrogens (tertiary/aromatic N) is 2. The molecule has 0 aliphatic heterocycles. The van der Waals surface area contributed by atoms with Gasteiger partial charge in [0.2, 0.25) is 0 Å². The first-order valence-electron chi connectivity index (χ1n) is 16.8. The summed E-state index contributed by atoms with van der Waals surface area (Å²) in [5.74, 6) is 0. The lowest BCUT2D eigenvalue weighted by molar-refractivity contribution is 0.664. The van der Waals surface area contributed by atoms with Crippen LogP contribution in [0.5, 0.6) is 0 Å². The van der Waals surface area contributed by atoms with Gasteiger partial charge < -0.3 is 8.83 Å². The predicted molar refractivity (Wildman–Crippen MR) is 205 cm³/mol. The van der Waals surface area contributed by atoms with E-state index in [0.29, 0.717) is 0 Å². The van der Waals surface area contributed by atoms with Crippen LogP contribution in [-0.4, -0.2) is 9.97 Å². The molecule has 50 heavy (non-hydrogen) atoms. The molecule has 0 aliphatic rings. The molecular weight excluding hydrogens is 613 g/mol. The summed E-state index contributed by atoms with van der Waals surface area (Å²) in [5.41, 5.74) is 11.5. The van der Waals surface area contributed by atoms with E-state index in [1.807, 2.05) is 30.5 Å². The minimum absolute atomic E-state index is 0.849. The number of benzene rings is 8. The Kier molecular flexibility index (Phi) is 5.63. The summed E-state index contributed by atoms with van der Waals surface area (Å²) in [7, 11) is 0. The van der Waals surface area contributed by atoms with Crippen LogP contribution in [0.25, 0.3) is 110 Å². The Labute approximate surface area is 285 Å². The van der Waals surface area contributed by atoms with Crippen molar-refractivity contribution in [2.45, 2.75) is 0 Å². The zero-order chi connectivity index (χ0) is 32.8. The Hall–Kier alpha value is -6.78. The number of para-hydroxylation sites is 2. The fourth-order valence-electron chi connectivity index (χ4n) is 7.79. The number of hydrogen-bond acceptors (Lipinski definition) is 4. The molecule has 0 aliphatic carbocycles. The van der Waals surface area contributed by atoms with Crippen LogP contribution in [0.1, 0.15) is 0 Å². The van der Waals surface area contributed by atoms with Crippen molar-refractivity contribution in [1.82, 2.24) is 9.97 Å². The average molecular weight is 639 g/mol. The SMILES string of the molecule is c1cc(-c2ccc(-c3c4oc5ccccc5c4cc4oc5ccccc5c34)cc2)cc(-c2cnc3c4ccccc4c4ccccc4c3n2)c1. The Morgan fingerprint density at radius 3 is 1.74 bits per heavy atom. The van der Waals surface area contributed by atoms with Crippen molar-refractivity contribution in [2.24, 2.45) is 0 Å². The summed E-state index contributed by atoms with van der Waals surface area (Å²) >= 11 is 0. The van der Waals surface area contributed by atoms with Gasteiger partial charge in [-0.1, -0.05) is 127 Å². The third kappa shape index (κ3) is 3.93. The molecule has 11 aromatic rings. The van der Waals surface area contributed by atoms with Gasteiger partial charge in [0.1, 0.15) is 22.3 Å². The lowest BCUT2D eigenvalue weighted by atomic mass is 9.94. The van der Waals surface area contributed by atoms with Gasteiger partial charge >= 0.3 is 0 Å². The maximum atomic E-state index is 6.57. The first kappa shape index (κ1) is 27.2. The van der Waals surface area contributed by atoms with Crippen LogP contribution < -0.4 is 0 Å². The second kappa shape index (κ2) is 10.4. The Morgan fingerprint density at radius 1 is 0.380 bits per heavy atom. The normalized spacial score (nSPS) is 12.0. The molecule has 0 saturated carbocycles. The molecule has 11 rings (SSSR count). The number of fused-ring (bicyclic) bond motifs is 12. The zero-order valence-electron chi connectivity index (χ0n) is 26.7. The first-order chi connectivity index (χ1) is 24.8. The highest BCUT2D eigenvalue weighted by Crippen LogP contribution is 2.45. The molecule has 8 aromatic carbocycles. The number of furan rings is 2. The minimum atomic E-state index is 0.849. The number of hydrogen-bond donors (Lipinski definition) is 0. The highest BCUT2D eigenvalue weighted by atomic mass is 16.3. The van der Waals surface area contributed by atoms with Crippen LogP contribution >= 0.6 is 0 Å². The van der Waals surface area contributed by atoms with E-state index in [4.69, 9.17) is 18.8 Å². The van der Waals surface area contributed by atoms with E-state index >= 15 is 0 Å². The molecule has 0 saturated heterocycles. The van der Waals surface area contributed by atoms with Gasteiger partial charge in [-0.15, -0.1) is 0 Å². The van der Waals surface area contributed by atoms with E-state index in [9.17, 15) is 0 Å². The third-order valence-electron chi connectivity index (χ3n) is 10.1. The fraction of sp³-hybridized carbons (Fsp3) is 0. The maximum Gasteiger partial charge on any atom is 0.144 e. The summed E-state index contributed by atoms with van der Waals surface area (Å²) in [5, 5.41) is 8.89. The maximum absolute atomic E-state index is 6.57. The van der Waals surface area contributed by atoms with Gasteiger partial charge in [0.25, 0.3) is 0 Å². The molecule has 0 bridgehead atoms. The van der Waals surface area contributed by atoms with Gasteiger partial charge in [0.05, 0.1) is 22.9 Å². The van der Waals surface area contributed by atoms with Crippen molar-refractivity contribution < 1.29 is 8.83 Å². The molecule has 0 radical (unpaired) electrons. The monoisotopic (exact) mass is 638 g/mol. The van der Waals surface area contributed by atoms with E-state index in [1.165, 1.54) is 10.8 Å². The van der Waals surface area contributed by atoms with Crippen molar-refractivity contribution in [1.29, 1.82) is 0 Å². The molecule has 3 heterocycles. The van der Waals surface area contributed by atoms with Gasteiger partial charge in [-0.3, -0.25) is 4.98 Å². The van der Waals surface area contributed by atoms with Crippen molar-refractivity contribution in [3.63, 3.8) is 0 Å². The van der Waals surface area contributed by atoms with E-state index in [1.54, 1.807) is 0 Å². The Balaban J connectivity index is 1.05. The van der Waals surface area contributed by atoms with Gasteiger partial charge in [-0.25, -0.2) is 4.98 Å². The van der Waals surface area contributed by atoms with Crippen molar-refractivity contribution in [3.8, 4) is 33.5 Å². The van der Waals surface area contributed by atoms with Crippen molar-refractivity contribution in [2.75, 3.05) is 0 Å². The molecule has 4 nitrogen and oxygen atoms in total. The lowest BCUT2D eigenvalue weighted by Crippen LogP contribution is -1.92. The molecule has 0 atom stereocenters. The molecule has 0 N–H and O–H groups in total. The van der Waals surface area contributed by atoms with Gasteiger partial charge in [-0.2, -0.15) is 0 Å². The van der Waals surface area contributed by atoms with Crippen LogP contribution in [0.3, 0.4) is 0 Å². The predicted octanol–water partition coefficient (Wildman–Crippen LogP) is 12.7. The van der Waals surface area contributed by atoms with E-state index in [-0.39, 0.29) is 0 Å². The van der Waals surface area contributed by atoms with Gasteiger partial charge in [-0.05, 0) is 51.7 Å². The van der Waals surface area contributed by atoms with Crippen molar-refractivity contribution >= 4 is 76.5 Å². The van der Waals surface area contributed by atoms with Crippen LogP contribution in [0.2, 0.25) is 0 Å². The molecule has 0 amide bonds. The van der Waals surface area contributed by atoms with Gasteiger partial charge in [0, 0.05) is 43.4 Å². The smallest absolute Gasteiger partial charge is 0.144 e. The fourth-order valence-corrected chi connectivity index (χ4v) is 7.79. The molecule has 0 unspecified atom stereocenters. The van der Waals surface area contributed by atoms with Crippen LogP contribution in [-0.2, 0) is 0 Å². The van der Waals surface area contributed by atoms with E-state index in [0.717, 1.165) is 99.2 Å². The van der Waals surface area contributed by atoms with E-state index < -0.39 is 0 Å². The van der Waals surface area contributed by atoms with Crippen LogP contribution in [0.4, 0.5) is 0 Å². The standard InChI is InChI=1S/C46H26N2O2/c1-3-15-34-31(12-1)32-13-2-4-16-35(32)45-44(34)47-26-38(48-45)30-11-9-10-29(24-30)27-20-22-28(23-21-27)42-43-36-17-6-8-19-40(36)49-41(43)25-37-33-14-5-7-18-39(33)50-46(37)42/h1-26H. The summed E-state index contributed by atoms with van der Waals surface area (Å²) < 4.78 is 13.0. The van der Waals surface area contributed by atoms with E-state index in [2.05, 4.69) is 127 Å². The Bertz CT molecular complexity index is 3110. The lowest BCUT2D eigenvalue weighted by Gasteiger charge is -2.11. The largest absolute Gasteiger partial charge is 0.456 e. The quantitative estimate of drug-likeness (QED) is 0.181. The second-order valence-corrected chi connectivity index (χ2v) is 12.9. The Morgan fingerprint density at radius 2 is 0.980 bits per heavy atom. The van der Waals surface area contributed by atoms with Crippen molar-refractivity contribution in [3.05, 3.63) is 158 Å². The first-order valence-corrected chi connectivity index (χ1v) is 16.8. The third-order valence-corrected chi connectivity index (χ3v) is 10.1. The summed E-state index contributed by atoms with van der Waals surface area (Å²) in [6.07, 6.45) is 1.90. The number of aromatic nitrogens is 2. The summed E-state index contributed by atoms with van der Waals surface area (Å²) in [4.78, 5) is 10.2. The number of rotatable bonds is 3. The molecular formula is C46H26N2O2. The highest BCUT2D eigenvalue weighted by Gasteiger charge is 2.21. The highest BCUT2D eigenvalue weighted by molar-refractivity contribution is 6.24. The second-order valence-electron chi connectivity index (χ2n) is 12.9. The minimum Gasteiger partial charge on any atom is -0.456 e. The summed E-state index contributed by atoms with van der Waals surface area (Å²) in [6.45, 7) is 0. The zero-order valence-corrected chi connectivity index (χ0v) is 26.7. The van der Waals surface area contributed by atoms with Gasteiger partial charge in [0.15, 0.2) is 0 Å². The molecule has 3 aromatic heterocycles. The molecule has 0 spiro atoms. The molecule has 232 valence electrons. The molecule has 0 fully saturated rings. The molecule has 4 heteroatoms. The topological polar surface area (TPSA) is 52.1 Å². The van der Waals surface area contributed by atoms with Crippen LogP contribution in [0, 0.1) is 0 Å². The average Bonchev–Trinajstić information content (AvgIpc) is 3.75.